The largest absolute Gasteiger partial charge is 0.390 e. The molecule has 0 aliphatic carbocycles. The van der Waals surface area contributed by atoms with Gasteiger partial charge in [-0.2, -0.15) is 0 Å². The maximum Gasteiger partial charge on any atom is 0.319 e. The van der Waals surface area contributed by atoms with Crippen LogP contribution in [0.5, 0.6) is 0 Å². The van der Waals surface area contributed by atoms with Crippen molar-refractivity contribution in [3.8, 4) is 0 Å². The average Bonchev–Trinajstić information content (AvgIpc) is 2.50. The van der Waals surface area contributed by atoms with Crippen LogP contribution in [0.1, 0.15) is 25.3 Å². The second-order valence-electron chi connectivity index (χ2n) is 6.46. The molecule has 1 saturated heterocycles. The van der Waals surface area contributed by atoms with E-state index < -0.39 is 6.10 Å². The molecule has 1 aliphatic heterocycles. The highest BCUT2D eigenvalue weighted by Gasteiger charge is 2.18. The van der Waals surface area contributed by atoms with Crippen molar-refractivity contribution in [1.29, 1.82) is 0 Å². The van der Waals surface area contributed by atoms with E-state index in [1.807, 2.05) is 13.0 Å². The van der Waals surface area contributed by atoms with Gasteiger partial charge in [-0.05, 0) is 56.5 Å². The van der Waals surface area contributed by atoms with Crippen molar-refractivity contribution in [1.82, 2.24) is 10.2 Å². The number of aliphatic hydroxyl groups is 1. The molecule has 5 nitrogen and oxygen atoms in total. The first-order valence-corrected chi connectivity index (χ1v) is 8.53. The number of amides is 2. The fraction of sp³-hybridized carbons (Fsp3) is 0.588. The maximum atomic E-state index is 11.9. The van der Waals surface area contributed by atoms with Crippen LogP contribution in [0.25, 0.3) is 0 Å². The Morgan fingerprint density at radius 2 is 2.13 bits per heavy atom. The molecule has 23 heavy (non-hydrogen) atoms. The van der Waals surface area contributed by atoms with Crippen molar-refractivity contribution >= 4 is 23.3 Å². The number of nitrogens with zero attached hydrogens (tertiary/aromatic N) is 1. The lowest BCUT2D eigenvalue weighted by Crippen LogP contribution is -2.43. The van der Waals surface area contributed by atoms with Crippen LogP contribution in [-0.4, -0.2) is 48.3 Å². The zero-order valence-corrected chi connectivity index (χ0v) is 14.6. The number of β-amino-alcohol motifs (C(OH)–C–C–N with tert-alkyl or cyclic N) is 1. The second kappa shape index (κ2) is 8.52. The predicted molar refractivity (Wildman–Crippen MR) is 94.1 cm³/mol. The number of benzene rings is 1. The van der Waals surface area contributed by atoms with Crippen LogP contribution in [0, 0.1) is 12.8 Å². The number of carbonyl (C=O) groups is 1. The Bertz CT molecular complexity index is 531. The molecule has 6 heteroatoms. The number of nitrogens with one attached hydrogen (secondary N) is 2. The summed E-state index contributed by atoms with van der Waals surface area (Å²) in [7, 11) is 0. The minimum absolute atomic E-state index is 0.224. The molecule has 0 bridgehead atoms. The minimum atomic E-state index is -0.567. The highest BCUT2D eigenvalue weighted by atomic mass is 35.5. The normalized spacial score (nSPS) is 17.7. The third-order valence-electron chi connectivity index (χ3n) is 4.22. The van der Waals surface area contributed by atoms with Crippen LogP contribution in [0.15, 0.2) is 18.2 Å². The summed E-state index contributed by atoms with van der Waals surface area (Å²) in [5.74, 6) is 0.770. The molecule has 1 aliphatic rings. The summed E-state index contributed by atoms with van der Waals surface area (Å²) in [5.41, 5.74) is 1.60. The Balaban J connectivity index is 1.71. The lowest BCUT2D eigenvalue weighted by atomic mass is 9.99. The first-order valence-electron chi connectivity index (χ1n) is 8.15. The summed E-state index contributed by atoms with van der Waals surface area (Å²) in [5, 5.41) is 15.9. The van der Waals surface area contributed by atoms with Crippen LogP contribution >= 0.6 is 11.6 Å². The van der Waals surface area contributed by atoms with Crippen LogP contribution in [-0.2, 0) is 0 Å². The lowest BCUT2D eigenvalue weighted by Gasteiger charge is -2.31. The molecule has 2 amide bonds. The molecule has 3 N–H and O–H groups in total. The highest BCUT2D eigenvalue weighted by molar-refractivity contribution is 6.33. The van der Waals surface area contributed by atoms with Gasteiger partial charge in [0.25, 0.3) is 0 Å². The van der Waals surface area contributed by atoms with Gasteiger partial charge in [-0.3, -0.25) is 0 Å². The zero-order valence-electron chi connectivity index (χ0n) is 13.8. The third-order valence-corrected chi connectivity index (χ3v) is 4.53. The molecule has 1 heterocycles. The number of hydrogen-bond donors (Lipinski definition) is 3. The van der Waals surface area contributed by atoms with Crippen LogP contribution in [0.4, 0.5) is 10.5 Å². The summed E-state index contributed by atoms with van der Waals surface area (Å²) < 4.78 is 0. The summed E-state index contributed by atoms with van der Waals surface area (Å²) in [4.78, 5) is 14.1. The van der Waals surface area contributed by atoms with Gasteiger partial charge in [0.2, 0.25) is 0 Å². The maximum absolute atomic E-state index is 11.9. The summed E-state index contributed by atoms with van der Waals surface area (Å²) in [6.07, 6.45) is 1.78. The van der Waals surface area contributed by atoms with Crippen molar-refractivity contribution < 1.29 is 9.90 Å². The van der Waals surface area contributed by atoms with Gasteiger partial charge in [-0.25, -0.2) is 4.79 Å². The van der Waals surface area contributed by atoms with Gasteiger partial charge in [0.05, 0.1) is 16.8 Å². The monoisotopic (exact) mass is 339 g/mol. The van der Waals surface area contributed by atoms with Crippen molar-refractivity contribution in [2.75, 3.05) is 31.5 Å². The molecule has 0 radical (unpaired) electrons. The van der Waals surface area contributed by atoms with Gasteiger partial charge in [0.15, 0.2) is 0 Å². The number of likely N-dealkylation sites (tertiary alicyclic amines) is 1. The first-order chi connectivity index (χ1) is 10.9. The van der Waals surface area contributed by atoms with Gasteiger partial charge >= 0.3 is 6.03 Å². The fourth-order valence-corrected chi connectivity index (χ4v) is 2.99. The average molecular weight is 340 g/mol. The molecule has 128 valence electrons. The number of halogens is 1. The number of piperidine rings is 1. The van der Waals surface area contributed by atoms with E-state index in [2.05, 4.69) is 22.5 Å². The molecule has 0 saturated carbocycles. The number of carbonyl (C=O) groups excluding carboxylic acids is 1. The van der Waals surface area contributed by atoms with E-state index in [1.54, 1.807) is 12.1 Å². The van der Waals surface area contributed by atoms with E-state index in [4.69, 9.17) is 11.6 Å². The van der Waals surface area contributed by atoms with E-state index >= 15 is 0 Å². The number of rotatable bonds is 5. The predicted octanol–water partition coefficient (Wildman–Crippen LogP) is 2.86. The van der Waals surface area contributed by atoms with Gasteiger partial charge in [0, 0.05) is 13.1 Å². The van der Waals surface area contributed by atoms with Crippen molar-refractivity contribution in [3.05, 3.63) is 28.8 Å². The van der Waals surface area contributed by atoms with E-state index in [1.165, 1.54) is 12.8 Å². The third kappa shape index (κ3) is 6.01. The van der Waals surface area contributed by atoms with Crippen molar-refractivity contribution in [3.63, 3.8) is 0 Å². The molecular weight excluding hydrogens is 314 g/mol. The topological polar surface area (TPSA) is 64.6 Å². The molecular formula is C17H26ClN3O2. The Kier molecular flexibility index (Phi) is 6.69. The Hall–Kier alpha value is -1.30. The van der Waals surface area contributed by atoms with Crippen molar-refractivity contribution in [2.45, 2.75) is 32.8 Å². The minimum Gasteiger partial charge on any atom is -0.390 e. The van der Waals surface area contributed by atoms with Gasteiger partial charge in [-0.1, -0.05) is 24.6 Å². The number of hydrogen-bond acceptors (Lipinski definition) is 3. The fourth-order valence-electron chi connectivity index (χ4n) is 2.71. The van der Waals surface area contributed by atoms with E-state index in [9.17, 15) is 9.90 Å². The van der Waals surface area contributed by atoms with Gasteiger partial charge in [-0.15, -0.1) is 0 Å². The van der Waals surface area contributed by atoms with Crippen LogP contribution in [0.3, 0.4) is 0 Å². The SMILES string of the molecule is Cc1ccc(NC(=O)NCC(O)CN2CCC(C)CC2)c(Cl)c1. The molecule has 1 atom stereocenters. The lowest BCUT2D eigenvalue weighted by molar-refractivity contribution is 0.0924. The first kappa shape index (κ1) is 18.0. The van der Waals surface area contributed by atoms with Crippen LogP contribution < -0.4 is 10.6 Å². The van der Waals surface area contributed by atoms with E-state index in [0.717, 1.165) is 24.6 Å². The summed E-state index contributed by atoms with van der Waals surface area (Å²) in [6.45, 7) is 7.05. The standard InChI is InChI=1S/C17H26ClN3O2/c1-12-5-7-21(8-6-12)11-14(22)10-19-17(23)20-16-4-3-13(2)9-15(16)18/h3-4,9,12,14,22H,5-8,10-11H2,1-2H3,(H2,19,20,23). The van der Waals surface area contributed by atoms with E-state index in [0.29, 0.717) is 17.3 Å². The van der Waals surface area contributed by atoms with E-state index in [-0.39, 0.29) is 12.6 Å². The van der Waals surface area contributed by atoms with Gasteiger partial charge in [0.1, 0.15) is 0 Å². The zero-order chi connectivity index (χ0) is 16.8. The Labute approximate surface area is 143 Å². The summed E-state index contributed by atoms with van der Waals surface area (Å²) >= 11 is 6.08. The number of anilines is 1. The molecule has 0 aromatic heterocycles. The Morgan fingerprint density at radius 1 is 1.43 bits per heavy atom. The molecule has 1 fully saturated rings. The Morgan fingerprint density at radius 3 is 2.78 bits per heavy atom. The smallest absolute Gasteiger partial charge is 0.319 e. The molecule has 1 aromatic rings. The molecule has 1 unspecified atom stereocenters. The number of aliphatic hydroxyl groups excluding tert-OH is 1. The quantitative estimate of drug-likeness (QED) is 0.773. The van der Waals surface area contributed by atoms with Gasteiger partial charge < -0.3 is 20.6 Å². The second-order valence-corrected chi connectivity index (χ2v) is 6.86. The molecule has 1 aromatic carbocycles. The molecule has 2 rings (SSSR count). The highest BCUT2D eigenvalue weighted by Crippen LogP contribution is 2.22. The van der Waals surface area contributed by atoms with Crippen LogP contribution in [0.2, 0.25) is 5.02 Å². The number of urea groups is 1. The summed E-state index contributed by atoms with van der Waals surface area (Å²) in [6, 6.07) is 5.08. The number of aryl methyl sites for hydroxylation is 1. The van der Waals surface area contributed by atoms with Crippen molar-refractivity contribution in [2.24, 2.45) is 5.92 Å². The molecule has 0 spiro atoms.